The van der Waals surface area contributed by atoms with Crippen molar-refractivity contribution in [3.63, 3.8) is 0 Å². The van der Waals surface area contributed by atoms with Crippen molar-refractivity contribution in [2.24, 2.45) is 0 Å². The highest BCUT2D eigenvalue weighted by Crippen LogP contribution is 2.19. The number of benzene rings is 2. The van der Waals surface area contributed by atoms with Gasteiger partial charge in [0.25, 0.3) is 0 Å². The Balaban J connectivity index is 2.09. The van der Waals surface area contributed by atoms with Gasteiger partial charge in [-0.3, -0.25) is 9.59 Å². The maximum Gasteiger partial charge on any atom is 0.242 e. The van der Waals surface area contributed by atoms with Crippen LogP contribution in [0, 0.1) is 6.92 Å². The van der Waals surface area contributed by atoms with Gasteiger partial charge in [-0.15, -0.1) is 11.8 Å². The topological polar surface area (TPSA) is 58.6 Å². The minimum atomic E-state index is -0.485. The van der Waals surface area contributed by atoms with Crippen molar-refractivity contribution in [3.05, 3.63) is 65.2 Å². The molecule has 0 bridgehead atoms. The molecule has 0 unspecified atom stereocenters. The first kappa shape index (κ1) is 25.8. The van der Waals surface area contributed by atoms with Gasteiger partial charge in [-0.05, 0) is 43.0 Å². The van der Waals surface area contributed by atoms with Crippen molar-refractivity contribution in [1.82, 2.24) is 10.2 Å². The Kier molecular flexibility index (Phi) is 11.2. The second-order valence-electron chi connectivity index (χ2n) is 7.92. The lowest BCUT2D eigenvalue weighted by atomic mass is 10.1. The van der Waals surface area contributed by atoms with Crippen LogP contribution in [-0.4, -0.2) is 42.2 Å². The van der Waals surface area contributed by atoms with E-state index in [9.17, 15) is 9.59 Å². The van der Waals surface area contributed by atoms with E-state index in [1.807, 2.05) is 31.2 Å². The maximum atomic E-state index is 13.3. The number of carbonyl (C=O) groups excluding carboxylic acids is 2. The van der Waals surface area contributed by atoms with Gasteiger partial charge in [-0.25, -0.2) is 0 Å². The first-order chi connectivity index (χ1) is 15.5. The molecule has 2 aromatic carbocycles. The smallest absolute Gasteiger partial charge is 0.242 e. The molecular formula is C26H36N2O3S. The molecule has 0 aliphatic heterocycles. The van der Waals surface area contributed by atoms with Crippen LogP contribution in [0.15, 0.2) is 48.5 Å². The lowest BCUT2D eigenvalue weighted by molar-refractivity contribution is -0.139. The van der Waals surface area contributed by atoms with E-state index in [0.717, 1.165) is 29.9 Å². The molecule has 32 heavy (non-hydrogen) atoms. The molecular weight excluding hydrogens is 420 g/mol. The molecule has 1 atom stereocenters. The standard InChI is InChI=1S/C26H36N2O3S/c1-5-7-16-27-26(30)24(6-2)28(17-21-12-14-23(31-4)15-13-21)25(29)19-32-18-22-10-8-20(3)9-11-22/h8-15,24H,5-7,16-19H2,1-4H3,(H,27,30)/t24-/m0/s1. The Morgan fingerprint density at radius 3 is 2.28 bits per heavy atom. The average molecular weight is 457 g/mol. The summed E-state index contributed by atoms with van der Waals surface area (Å²) in [5.74, 6) is 1.77. The molecule has 0 fully saturated rings. The normalized spacial score (nSPS) is 11.6. The van der Waals surface area contributed by atoms with Gasteiger partial charge in [-0.2, -0.15) is 0 Å². The molecule has 0 radical (unpaired) electrons. The van der Waals surface area contributed by atoms with Crippen LogP contribution in [0.2, 0.25) is 0 Å². The van der Waals surface area contributed by atoms with E-state index >= 15 is 0 Å². The predicted molar refractivity (Wildman–Crippen MR) is 133 cm³/mol. The van der Waals surface area contributed by atoms with Crippen molar-refractivity contribution in [3.8, 4) is 5.75 Å². The first-order valence-electron chi connectivity index (χ1n) is 11.3. The van der Waals surface area contributed by atoms with Gasteiger partial charge in [0.15, 0.2) is 0 Å². The summed E-state index contributed by atoms with van der Waals surface area (Å²) >= 11 is 1.58. The number of carbonyl (C=O) groups is 2. The summed E-state index contributed by atoms with van der Waals surface area (Å²) in [5.41, 5.74) is 3.39. The van der Waals surface area contributed by atoms with Crippen LogP contribution >= 0.6 is 11.8 Å². The number of methoxy groups -OCH3 is 1. The molecule has 0 saturated heterocycles. The molecule has 0 aliphatic carbocycles. The number of unbranched alkanes of at least 4 members (excludes halogenated alkanes) is 1. The number of nitrogens with one attached hydrogen (secondary N) is 1. The lowest BCUT2D eigenvalue weighted by Crippen LogP contribution is -2.49. The summed E-state index contributed by atoms with van der Waals surface area (Å²) in [5, 5.41) is 3.00. The molecule has 5 nitrogen and oxygen atoms in total. The molecule has 0 aliphatic rings. The minimum absolute atomic E-state index is 0.0181. The van der Waals surface area contributed by atoms with Gasteiger partial charge in [0.2, 0.25) is 11.8 Å². The average Bonchev–Trinajstić information content (AvgIpc) is 2.80. The third-order valence-corrected chi connectivity index (χ3v) is 6.33. The molecule has 0 heterocycles. The fourth-order valence-corrected chi connectivity index (χ4v) is 4.25. The summed E-state index contributed by atoms with van der Waals surface area (Å²) in [6.45, 7) is 7.15. The van der Waals surface area contributed by atoms with Crippen LogP contribution in [0.25, 0.3) is 0 Å². The van der Waals surface area contributed by atoms with Crippen molar-refractivity contribution < 1.29 is 14.3 Å². The first-order valence-corrected chi connectivity index (χ1v) is 12.5. The molecule has 174 valence electrons. The highest BCUT2D eigenvalue weighted by molar-refractivity contribution is 7.99. The van der Waals surface area contributed by atoms with Crippen LogP contribution in [-0.2, 0) is 21.9 Å². The van der Waals surface area contributed by atoms with Gasteiger partial charge < -0.3 is 15.0 Å². The Bertz CT molecular complexity index is 837. The van der Waals surface area contributed by atoms with Crippen LogP contribution in [0.4, 0.5) is 0 Å². The predicted octanol–water partition coefficient (Wildman–Crippen LogP) is 4.96. The molecule has 6 heteroatoms. The highest BCUT2D eigenvalue weighted by Gasteiger charge is 2.28. The molecule has 2 amide bonds. The molecule has 0 spiro atoms. The van der Waals surface area contributed by atoms with Gasteiger partial charge in [0, 0.05) is 18.8 Å². The second-order valence-corrected chi connectivity index (χ2v) is 8.90. The van der Waals surface area contributed by atoms with Gasteiger partial charge in [0.05, 0.1) is 12.9 Å². The number of amides is 2. The minimum Gasteiger partial charge on any atom is -0.497 e. The monoisotopic (exact) mass is 456 g/mol. The van der Waals surface area contributed by atoms with E-state index in [-0.39, 0.29) is 11.8 Å². The van der Waals surface area contributed by atoms with E-state index in [0.29, 0.717) is 25.3 Å². The summed E-state index contributed by atoms with van der Waals surface area (Å²) in [6.07, 6.45) is 2.52. The van der Waals surface area contributed by atoms with Crippen LogP contribution in [0.3, 0.4) is 0 Å². The number of aryl methyl sites for hydroxylation is 1. The van der Waals surface area contributed by atoms with Crippen LogP contribution < -0.4 is 10.1 Å². The van der Waals surface area contributed by atoms with Crippen molar-refractivity contribution >= 4 is 23.6 Å². The van der Waals surface area contributed by atoms with Crippen molar-refractivity contribution in [1.29, 1.82) is 0 Å². The van der Waals surface area contributed by atoms with Gasteiger partial charge in [-0.1, -0.05) is 62.2 Å². The number of ether oxygens (including phenoxy) is 1. The summed E-state index contributed by atoms with van der Waals surface area (Å²) in [7, 11) is 1.63. The van der Waals surface area contributed by atoms with Gasteiger partial charge >= 0.3 is 0 Å². The Morgan fingerprint density at radius 1 is 1.03 bits per heavy atom. The Labute approximate surface area is 196 Å². The van der Waals surface area contributed by atoms with E-state index < -0.39 is 6.04 Å². The Morgan fingerprint density at radius 2 is 1.69 bits per heavy atom. The lowest BCUT2D eigenvalue weighted by Gasteiger charge is -2.30. The second kappa shape index (κ2) is 13.8. The fraction of sp³-hybridized carbons (Fsp3) is 0.462. The molecule has 2 aromatic rings. The molecule has 1 N–H and O–H groups in total. The van der Waals surface area contributed by atoms with Crippen molar-refractivity contribution in [2.45, 2.75) is 58.4 Å². The molecule has 2 rings (SSSR count). The SMILES string of the molecule is CCCCNC(=O)[C@H](CC)N(Cc1ccc(OC)cc1)C(=O)CSCc1ccc(C)cc1. The van der Waals surface area contributed by atoms with Crippen LogP contribution in [0.5, 0.6) is 5.75 Å². The zero-order chi connectivity index (χ0) is 23.3. The quantitative estimate of drug-likeness (QED) is 0.433. The third kappa shape index (κ3) is 8.23. The van der Waals surface area contributed by atoms with Crippen molar-refractivity contribution in [2.75, 3.05) is 19.4 Å². The third-order valence-electron chi connectivity index (χ3n) is 5.34. The zero-order valence-corrected chi connectivity index (χ0v) is 20.5. The molecule has 0 aromatic heterocycles. The summed E-state index contributed by atoms with van der Waals surface area (Å²) in [4.78, 5) is 27.9. The number of thioether (sulfide) groups is 1. The zero-order valence-electron chi connectivity index (χ0n) is 19.7. The molecule has 0 saturated carbocycles. The largest absolute Gasteiger partial charge is 0.497 e. The van der Waals surface area contributed by atoms with E-state index in [1.165, 1.54) is 11.1 Å². The summed E-state index contributed by atoms with van der Waals surface area (Å²) < 4.78 is 5.24. The Hall–Kier alpha value is -2.47. The highest BCUT2D eigenvalue weighted by atomic mass is 32.2. The number of hydrogen-bond acceptors (Lipinski definition) is 4. The number of nitrogens with zero attached hydrogens (tertiary/aromatic N) is 1. The maximum absolute atomic E-state index is 13.3. The van der Waals surface area contributed by atoms with Crippen LogP contribution in [0.1, 0.15) is 49.8 Å². The number of rotatable bonds is 13. The van der Waals surface area contributed by atoms with Gasteiger partial charge in [0.1, 0.15) is 11.8 Å². The fourth-order valence-electron chi connectivity index (χ4n) is 3.38. The summed E-state index contributed by atoms with van der Waals surface area (Å²) in [6, 6.07) is 15.5. The van der Waals surface area contributed by atoms with E-state index in [2.05, 4.69) is 43.4 Å². The van der Waals surface area contributed by atoms with E-state index in [4.69, 9.17) is 4.74 Å². The number of hydrogen-bond donors (Lipinski definition) is 1. The van der Waals surface area contributed by atoms with E-state index in [1.54, 1.807) is 23.8 Å².